The number of thiazole rings is 1. The summed E-state index contributed by atoms with van der Waals surface area (Å²) >= 11 is 13.6. The molecule has 1 aromatic heterocycles. The van der Waals surface area contributed by atoms with E-state index in [1.54, 1.807) is 41.0 Å². The van der Waals surface area contributed by atoms with Crippen molar-refractivity contribution in [3.63, 3.8) is 0 Å². The Balaban J connectivity index is 2.18. The minimum absolute atomic E-state index is 0.137. The molecule has 27 heavy (non-hydrogen) atoms. The lowest BCUT2D eigenvalue weighted by atomic mass is 10.2. The second kappa shape index (κ2) is 8.12. The first-order chi connectivity index (χ1) is 12.9. The van der Waals surface area contributed by atoms with E-state index in [1.807, 2.05) is 0 Å². The van der Waals surface area contributed by atoms with Crippen LogP contribution in [0.4, 0.5) is 0 Å². The zero-order chi connectivity index (χ0) is 19.6. The van der Waals surface area contributed by atoms with Gasteiger partial charge in [-0.1, -0.05) is 40.6 Å². The summed E-state index contributed by atoms with van der Waals surface area (Å²) in [6.45, 7) is -0.137. The normalized spacial score (nSPS) is 11.6. The lowest BCUT2D eigenvalue weighted by molar-refractivity contribution is -0.141. The number of benzene rings is 2. The summed E-state index contributed by atoms with van der Waals surface area (Å²) in [4.78, 5) is 28.9. The number of hydrogen-bond donors (Lipinski definition) is 0. The van der Waals surface area contributed by atoms with Crippen LogP contribution in [0.1, 0.15) is 10.4 Å². The fraction of sp³-hybridized carbons (Fsp3) is 0.167. The first-order valence-corrected chi connectivity index (χ1v) is 9.28. The van der Waals surface area contributed by atoms with Gasteiger partial charge in [0.05, 0.1) is 29.5 Å². The van der Waals surface area contributed by atoms with Crippen LogP contribution < -0.4 is 9.54 Å². The van der Waals surface area contributed by atoms with Crippen LogP contribution in [-0.4, -0.2) is 30.7 Å². The quantitative estimate of drug-likeness (QED) is 0.594. The third-order valence-corrected chi connectivity index (χ3v) is 5.26. The van der Waals surface area contributed by atoms with Crippen LogP contribution in [0.15, 0.2) is 41.4 Å². The Morgan fingerprint density at radius 2 is 1.96 bits per heavy atom. The molecule has 1 heterocycles. The third kappa shape index (κ3) is 4.16. The Labute approximate surface area is 168 Å². The zero-order valence-corrected chi connectivity index (χ0v) is 16.7. The van der Waals surface area contributed by atoms with Crippen LogP contribution in [0.25, 0.3) is 10.2 Å². The SMILES string of the molecule is COC(=O)Cn1c(=NC(=O)c2cccc(OC)c2)sc2cc(Cl)cc(Cl)c21. The minimum atomic E-state index is -0.490. The standard InChI is InChI=1S/C18H14Cl2N2O4S/c1-25-12-5-3-4-10(6-12)17(24)21-18-22(9-15(23)26-2)16-13(20)7-11(19)8-14(16)27-18/h3-8H,9H2,1-2H3. The number of fused-ring (bicyclic) bond motifs is 1. The van der Waals surface area contributed by atoms with Gasteiger partial charge in [0.25, 0.3) is 5.91 Å². The molecule has 0 saturated carbocycles. The number of aromatic nitrogens is 1. The number of amides is 1. The number of ether oxygens (including phenoxy) is 2. The Morgan fingerprint density at radius 3 is 2.67 bits per heavy atom. The Morgan fingerprint density at radius 1 is 1.19 bits per heavy atom. The second-order valence-electron chi connectivity index (χ2n) is 5.43. The van der Waals surface area contributed by atoms with Gasteiger partial charge >= 0.3 is 5.97 Å². The van der Waals surface area contributed by atoms with Gasteiger partial charge in [-0.05, 0) is 30.3 Å². The molecule has 0 saturated heterocycles. The van der Waals surface area contributed by atoms with Crippen molar-refractivity contribution in [2.45, 2.75) is 6.54 Å². The van der Waals surface area contributed by atoms with Crippen LogP contribution in [0.2, 0.25) is 10.0 Å². The number of hydrogen-bond acceptors (Lipinski definition) is 5. The molecule has 0 fully saturated rings. The van der Waals surface area contributed by atoms with Crippen molar-refractivity contribution in [2.24, 2.45) is 4.99 Å². The number of carbonyl (C=O) groups is 2. The van der Waals surface area contributed by atoms with Crippen molar-refractivity contribution < 1.29 is 19.1 Å². The predicted molar refractivity (Wildman–Crippen MR) is 105 cm³/mol. The molecule has 0 spiro atoms. The second-order valence-corrected chi connectivity index (χ2v) is 7.28. The molecule has 0 aliphatic rings. The van der Waals surface area contributed by atoms with Crippen molar-refractivity contribution in [2.75, 3.05) is 14.2 Å². The highest BCUT2D eigenvalue weighted by Gasteiger charge is 2.16. The maximum absolute atomic E-state index is 12.6. The van der Waals surface area contributed by atoms with Crippen molar-refractivity contribution in [3.8, 4) is 5.75 Å². The van der Waals surface area contributed by atoms with E-state index in [0.717, 1.165) is 0 Å². The molecule has 0 bridgehead atoms. The number of halogens is 2. The summed E-state index contributed by atoms with van der Waals surface area (Å²) in [6.07, 6.45) is 0. The third-order valence-electron chi connectivity index (χ3n) is 3.72. The first kappa shape index (κ1) is 19.4. The van der Waals surface area contributed by atoms with E-state index in [-0.39, 0.29) is 6.54 Å². The monoisotopic (exact) mass is 424 g/mol. The van der Waals surface area contributed by atoms with Crippen LogP contribution >= 0.6 is 34.5 Å². The Hall–Kier alpha value is -2.35. The molecule has 1 amide bonds. The smallest absolute Gasteiger partial charge is 0.325 e. The summed E-state index contributed by atoms with van der Waals surface area (Å²) in [6, 6.07) is 9.93. The van der Waals surface area contributed by atoms with E-state index in [4.69, 9.17) is 32.7 Å². The van der Waals surface area contributed by atoms with Gasteiger partial charge < -0.3 is 14.0 Å². The highest BCUT2D eigenvalue weighted by molar-refractivity contribution is 7.16. The van der Waals surface area contributed by atoms with Crippen molar-refractivity contribution in [1.82, 2.24) is 4.57 Å². The summed E-state index contributed by atoms with van der Waals surface area (Å²) in [7, 11) is 2.80. The number of rotatable bonds is 4. The average molecular weight is 425 g/mol. The topological polar surface area (TPSA) is 69.9 Å². The number of methoxy groups -OCH3 is 2. The highest BCUT2D eigenvalue weighted by atomic mass is 35.5. The highest BCUT2D eigenvalue weighted by Crippen LogP contribution is 2.29. The molecule has 0 aliphatic carbocycles. The molecule has 0 aliphatic heterocycles. The van der Waals surface area contributed by atoms with Gasteiger partial charge in [-0.25, -0.2) is 0 Å². The van der Waals surface area contributed by atoms with Crippen LogP contribution in [0, 0.1) is 0 Å². The summed E-state index contributed by atoms with van der Waals surface area (Å²) in [5.41, 5.74) is 0.925. The molecule has 0 atom stereocenters. The molecule has 3 rings (SSSR count). The first-order valence-electron chi connectivity index (χ1n) is 7.71. The number of carbonyl (C=O) groups excluding carboxylic acids is 2. The van der Waals surface area contributed by atoms with Crippen molar-refractivity contribution in [1.29, 1.82) is 0 Å². The molecule has 2 aromatic carbocycles. The maximum Gasteiger partial charge on any atom is 0.325 e. The van der Waals surface area contributed by atoms with Crippen LogP contribution in [0.5, 0.6) is 5.75 Å². The largest absolute Gasteiger partial charge is 0.497 e. The van der Waals surface area contributed by atoms with Crippen LogP contribution in [0.3, 0.4) is 0 Å². The predicted octanol–water partition coefficient (Wildman–Crippen LogP) is 3.93. The Kier molecular flexibility index (Phi) is 5.84. The van der Waals surface area contributed by atoms with Crippen LogP contribution in [-0.2, 0) is 16.1 Å². The molecular weight excluding hydrogens is 411 g/mol. The Bertz CT molecular complexity index is 1100. The number of esters is 1. The fourth-order valence-corrected chi connectivity index (χ4v) is 4.27. The lowest BCUT2D eigenvalue weighted by Gasteiger charge is -2.05. The summed E-state index contributed by atoms with van der Waals surface area (Å²) in [5.74, 6) is -0.415. The molecule has 0 N–H and O–H groups in total. The van der Waals surface area contributed by atoms with Crippen molar-refractivity contribution in [3.05, 3.63) is 56.8 Å². The zero-order valence-electron chi connectivity index (χ0n) is 14.4. The molecule has 3 aromatic rings. The average Bonchev–Trinajstić information content (AvgIpc) is 2.98. The van der Waals surface area contributed by atoms with E-state index in [2.05, 4.69) is 4.99 Å². The van der Waals surface area contributed by atoms with Gasteiger partial charge in [0.15, 0.2) is 4.80 Å². The summed E-state index contributed by atoms with van der Waals surface area (Å²) < 4.78 is 12.1. The molecular formula is C18H14Cl2N2O4S. The van der Waals surface area contributed by atoms with E-state index in [1.165, 1.54) is 25.6 Å². The molecule has 0 unspecified atom stereocenters. The van der Waals surface area contributed by atoms with E-state index in [0.29, 0.717) is 36.4 Å². The van der Waals surface area contributed by atoms with E-state index >= 15 is 0 Å². The molecule has 0 radical (unpaired) electrons. The van der Waals surface area contributed by atoms with E-state index < -0.39 is 11.9 Å². The van der Waals surface area contributed by atoms with Gasteiger partial charge in [-0.15, -0.1) is 0 Å². The van der Waals surface area contributed by atoms with Crippen molar-refractivity contribution >= 4 is 56.6 Å². The van der Waals surface area contributed by atoms with E-state index in [9.17, 15) is 9.59 Å². The molecule has 6 nitrogen and oxygen atoms in total. The maximum atomic E-state index is 12.6. The van der Waals surface area contributed by atoms with Gasteiger partial charge in [-0.3, -0.25) is 9.59 Å². The van der Waals surface area contributed by atoms with Gasteiger partial charge in [0, 0.05) is 10.6 Å². The number of nitrogens with zero attached hydrogens (tertiary/aromatic N) is 2. The fourth-order valence-electron chi connectivity index (χ4n) is 2.46. The van der Waals surface area contributed by atoms with Gasteiger partial charge in [-0.2, -0.15) is 4.99 Å². The van der Waals surface area contributed by atoms with Gasteiger partial charge in [0.1, 0.15) is 12.3 Å². The minimum Gasteiger partial charge on any atom is -0.497 e. The van der Waals surface area contributed by atoms with Gasteiger partial charge in [0.2, 0.25) is 0 Å². The lowest BCUT2D eigenvalue weighted by Crippen LogP contribution is -2.22. The molecule has 140 valence electrons. The summed E-state index contributed by atoms with van der Waals surface area (Å²) in [5, 5.41) is 0.803. The molecule has 9 heteroatoms.